The zero-order valence-electron chi connectivity index (χ0n) is 8.04. The van der Waals surface area contributed by atoms with Crippen LogP contribution in [0.25, 0.3) is 0 Å². The minimum atomic E-state index is 0.0531. The minimum absolute atomic E-state index is 0.0531. The topological polar surface area (TPSA) is 47.6 Å². The van der Waals surface area contributed by atoms with Gasteiger partial charge in [0.1, 0.15) is 0 Å². The molecule has 1 saturated heterocycles. The van der Waals surface area contributed by atoms with Crippen molar-refractivity contribution in [2.45, 2.75) is 25.8 Å². The van der Waals surface area contributed by atoms with Crippen LogP contribution in [0.1, 0.15) is 19.8 Å². The third kappa shape index (κ3) is 4.24. The van der Waals surface area contributed by atoms with Gasteiger partial charge in [-0.05, 0) is 6.42 Å². The highest BCUT2D eigenvalue weighted by molar-refractivity contribution is 5.76. The summed E-state index contributed by atoms with van der Waals surface area (Å²) in [4.78, 5) is 11.2. The zero-order chi connectivity index (χ0) is 9.52. The predicted molar refractivity (Wildman–Crippen MR) is 48.5 cm³/mol. The molecule has 1 N–H and O–H groups in total. The van der Waals surface area contributed by atoms with Gasteiger partial charge in [0.2, 0.25) is 5.91 Å². The van der Waals surface area contributed by atoms with Crippen molar-refractivity contribution >= 4 is 5.91 Å². The summed E-state index contributed by atoms with van der Waals surface area (Å²) in [7, 11) is 0. The van der Waals surface area contributed by atoms with Crippen molar-refractivity contribution in [3.8, 4) is 0 Å². The van der Waals surface area contributed by atoms with E-state index in [-0.39, 0.29) is 11.9 Å². The first-order valence-corrected chi connectivity index (χ1v) is 4.77. The van der Waals surface area contributed by atoms with Crippen LogP contribution in [0.4, 0.5) is 0 Å². The summed E-state index contributed by atoms with van der Waals surface area (Å²) < 4.78 is 10.5. The monoisotopic (exact) mass is 187 g/mol. The molecule has 1 rings (SSSR count). The molecule has 0 radical (unpaired) electrons. The smallest absolute Gasteiger partial charge is 0.222 e. The number of hydrogen-bond donors (Lipinski definition) is 1. The van der Waals surface area contributed by atoms with Crippen molar-refractivity contribution < 1.29 is 14.3 Å². The molecule has 0 aromatic heterocycles. The van der Waals surface area contributed by atoms with Crippen LogP contribution in [-0.4, -0.2) is 38.4 Å². The van der Waals surface area contributed by atoms with Crippen LogP contribution in [0.15, 0.2) is 0 Å². The maximum atomic E-state index is 11.2. The van der Waals surface area contributed by atoms with E-state index >= 15 is 0 Å². The van der Waals surface area contributed by atoms with Crippen molar-refractivity contribution in [1.29, 1.82) is 0 Å². The van der Waals surface area contributed by atoms with Crippen LogP contribution in [0.3, 0.4) is 0 Å². The lowest BCUT2D eigenvalue weighted by Crippen LogP contribution is -2.39. The Morgan fingerprint density at radius 2 is 2.15 bits per heavy atom. The lowest BCUT2D eigenvalue weighted by molar-refractivity contribution is -0.124. The summed E-state index contributed by atoms with van der Waals surface area (Å²) in [6.45, 7) is 4.32. The van der Waals surface area contributed by atoms with Crippen LogP contribution in [0.2, 0.25) is 0 Å². The predicted octanol–water partition coefficient (Wildman–Crippen LogP) is 0.318. The van der Waals surface area contributed by atoms with Crippen LogP contribution in [0, 0.1) is 0 Å². The molecule has 0 aromatic rings. The Morgan fingerprint density at radius 3 is 2.92 bits per heavy atom. The van der Waals surface area contributed by atoms with Gasteiger partial charge in [-0.15, -0.1) is 0 Å². The summed E-state index contributed by atoms with van der Waals surface area (Å²) in [5.74, 6) is 0.0531. The first-order chi connectivity index (χ1) is 6.33. The van der Waals surface area contributed by atoms with E-state index in [1.807, 2.05) is 6.92 Å². The van der Waals surface area contributed by atoms with E-state index < -0.39 is 0 Å². The second kappa shape index (κ2) is 5.94. The summed E-state index contributed by atoms with van der Waals surface area (Å²) in [5, 5.41) is 2.89. The summed E-state index contributed by atoms with van der Waals surface area (Å²) >= 11 is 0. The molecule has 1 heterocycles. The number of rotatable bonds is 1. The molecular weight excluding hydrogens is 170 g/mol. The van der Waals surface area contributed by atoms with Crippen molar-refractivity contribution in [1.82, 2.24) is 5.32 Å². The zero-order valence-corrected chi connectivity index (χ0v) is 8.04. The van der Waals surface area contributed by atoms with Crippen LogP contribution in [-0.2, 0) is 14.3 Å². The van der Waals surface area contributed by atoms with Gasteiger partial charge >= 0.3 is 0 Å². The van der Waals surface area contributed by atoms with E-state index in [4.69, 9.17) is 9.47 Å². The minimum Gasteiger partial charge on any atom is -0.379 e. The van der Waals surface area contributed by atoms with Gasteiger partial charge in [-0.25, -0.2) is 0 Å². The average molecular weight is 187 g/mol. The van der Waals surface area contributed by atoms with Gasteiger partial charge in [-0.2, -0.15) is 0 Å². The highest BCUT2D eigenvalue weighted by atomic mass is 16.5. The molecule has 1 aliphatic heterocycles. The number of hydrogen-bond acceptors (Lipinski definition) is 3. The molecule has 1 unspecified atom stereocenters. The number of carbonyl (C=O) groups excluding carboxylic acids is 1. The molecule has 0 bridgehead atoms. The van der Waals surface area contributed by atoms with Gasteiger partial charge in [0.05, 0.1) is 32.5 Å². The molecule has 1 fully saturated rings. The van der Waals surface area contributed by atoms with Crippen molar-refractivity contribution in [2.75, 3.05) is 26.4 Å². The molecule has 4 nitrogen and oxygen atoms in total. The van der Waals surface area contributed by atoms with E-state index in [2.05, 4.69) is 5.32 Å². The molecule has 0 spiro atoms. The van der Waals surface area contributed by atoms with Gasteiger partial charge in [0.15, 0.2) is 0 Å². The second-order valence-electron chi connectivity index (χ2n) is 3.11. The second-order valence-corrected chi connectivity index (χ2v) is 3.11. The van der Waals surface area contributed by atoms with Gasteiger partial charge in [-0.3, -0.25) is 4.79 Å². The van der Waals surface area contributed by atoms with Crippen molar-refractivity contribution in [3.63, 3.8) is 0 Å². The largest absolute Gasteiger partial charge is 0.379 e. The fourth-order valence-electron chi connectivity index (χ4n) is 1.17. The molecule has 0 aliphatic carbocycles. The third-order valence-corrected chi connectivity index (χ3v) is 2.02. The number of nitrogens with one attached hydrogen (secondary N) is 1. The molecular formula is C9H17NO3. The van der Waals surface area contributed by atoms with E-state index in [1.165, 1.54) is 0 Å². The summed E-state index contributed by atoms with van der Waals surface area (Å²) in [5.41, 5.74) is 0. The van der Waals surface area contributed by atoms with E-state index in [9.17, 15) is 4.79 Å². The Labute approximate surface area is 78.6 Å². The first kappa shape index (κ1) is 10.5. The van der Waals surface area contributed by atoms with Crippen LogP contribution in [0.5, 0.6) is 0 Å². The molecule has 13 heavy (non-hydrogen) atoms. The van der Waals surface area contributed by atoms with Crippen LogP contribution >= 0.6 is 0 Å². The number of amides is 1. The maximum absolute atomic E-state index is 11.2. The lowest BCUT2D eigenvalue weighted by Gasteiger charge is -2.18. The molecule has 0 saturated carbocycles. The highest BCUT2D eigenvalue weighted by Gasteiger charge is 2.11. The normalized spacial score (nSPS) is 26.5. The maximum Gasteiger partial charge on any atom is 0.222 e. The average Bonchev–Trinajstić information content (AvgIpc) is 2.15. The Morgan fingerprint density at radius 1 is 1.38 bits per heavy atom. The van der Waals surface area contributed by atoms with Crippen molar-refractivity contribution in [3.05, 3.63) is 0 Å². The van der Waals surface area contributed by atoms with Gasteiger partial charge in [0.25, 0.3) is 0 Å². The molecule has 76 valence electrons. The third-order valence-electron chi connectivity index (χ3n) is 2.02. The Kier molecular flexibility index (Phi) is 4.78. The Balaban J connectivity index is 2.34. The van der Waals surface area contributed by atoms with Crippen LogP contribution < -0.4 is 5.32 Å². The Hall–Kier alpha value is -0.610. The quantitative estimate of drug-likeness (QED) is 0.643. The lowest BCUT2D eigenvalue weighted by atomic mass is 10.2. The standard InChI is InChI=1S/C9H17NO3/c1-2-8-7-13-6-5-12-4-3-9(11)10-8/h8H,2-7H2,1H3,(H,10,11). The first-order valence-electron chi connectivity index (χ1n) is 4.77. The number of ether oxygens (including phenoxy) is 2. The molecule has 1 amide bonds. The summed E-state index contributed by atoms with van der Waals surface area (Å²) in [6.07, 6.45) is 1.36. The van der Waals surface area contributed by atoms with E-state index in [0.29, 0.717) is 32.8 Å². The van der Waals surface area contributed by atoms with Gasteiger partial charge in [-0.1, -0.05) is 6.92 Å². The molecule has 1 aliphatic rings. The van der Waals surface area contributed by atoms with E-state index in [0.717, 1.165) is 6.42 Å². The van der Waals surface area contributed by atoms with Gasteiger partial charge < -0.3 is 14.8 Å². The van der Waals surface area contributed by atoms with Crippen molar-refractivity contribution in [2.24, 2.45) is 0 Å². The summed E-state index contributed by atoms with van der Waals surface area (Å²) in [6, 6.07) is 0.158. The number of carbonyl (C=O) groups is 1. The molecule has 0 aromatic carbocycles. The molecule has 4 heteroatoms. The van der Waals surface area contributed by atoms with E-state index in [1.54, 1.807) is 0 Å². The fourth-order valence-corrected chi connectivity index (χ4v) is 1.17. The highest BCUT2D eigenvalue weighted by Crippen LogP contribution is 1.96. The Bertz CT molecular complexity index is 161. The molecule has 1 atom stereocenters. The SMILES string of the molecule is CCC1COCCOCCC(=O)N1. The fraction of sp³-hybridized carbons (Fsp3) is 0.889. The van der Waals surface area contributed by atoms with Gasteiger partial charge in [0, 0.05) is 6.42 Å².